The zero-order valence-electron chi connectivity index (χ0n) is 14.3. The number of non-ortho nitro benzene ring substituents is 1. The summed E-state index contributed by atoms with van der Waals surface area (Å²) in [5, 5.41) is 17.7. The van der Waals surface area contributed by atoms with Crippen LogP contribution in [-0.4, -0.2) is 23.1 Å². The van der Waals surface area contributed by atoms with E-state index in [1.54, 1.807) is 19.1 Å². The first-order valence-corrected chi connectivity index (χ1v) is 7.78. The average molecular weight is 340 g/mol. The van der Waals surface area contributed by atoms with Crippen molar-refractivity contribution in [3.63, 3.8) is 0 Å². The van der Waals surface area contributed by atoms with Gasteiger partial charge in [-0.25, -0.2) is 5.43 Å². The van der Waals surface area contributed by atoms with Crippen LogP contribution in [0.4, 0.5) is 11.4 Å². The molecule has 0 saturated carbocycles. The lowest BCUT2D eigenvalue weighted by molar-refractivity contribution is -0.384. The van der Waals surface area contributed by atoms with Gasteiger partial charge in [0.2, 0.25) is 0 Å². The maximum Gasteiger partial charge on any atom is 0.270 e. The molecule has 2 rings (SSSR count). The number of amides is 1. The maximum absolute atomic E-state index is 12.1. The maximum atomic E-state index is 12.1. The van der Waals surface area contributed by atoms with Gasteiger partial charge in [0.1, 0.15) is 6.04 Å². The summed E-state index contributed by atoms with van der Waals surface area (Å²) in [5.74, 6) is -0.304. The van der Waals surface area contributed by atoms with Gasteiger partial charge >= 0.3 is 0 Å². The first-order valence-electron chi connectivity index (χ1n) is 7.78. The van der Waals surface area contributed by atoms with E-state index in [2.05, 4.69) is 15.8 Å². The number of carbonyl (C=O) groups excluding carboxylic acids is 1. The van der Waals surface area contributed by atoms with Crippen LogP contribution in [0.5, 0.6) is 0 Å². The first kappa shape index (κ1) is 18.1. The predicted octanol–water partition coefficient (Wildman–Crippen LogP) is 3.16. The molecular formula is C18H20N4O3. The summed E-state index contributed by atoms with van der Waals surface area (Å²) in [6.45, 7) is 5.72. The minimum absolute atomic E-state index is 0.0276. The van der Waals surface area contributed by atoms with Gasteiger partial charge in [-0.1, -0.05) is 29.8 Å². The number of benzene rings is 2. The highest BCUT2D eigenvalue weighted by Crippen LogP contribution is 2.17. The summed E-state index contributed by atoms with van der Waals surface area (Å²) in [7, 11) is 0. The van der Waals surface area contributed by atoms with Crippen LogP contribution in [0.25, 0.3) is 0 Å². The number of rotatable bonds is 6. The van der Waals surface area contributed by atoms with E-state index in [-0.39, 0.29) is 11.6 Å². The molecule has 0 aromatic heterocycles. The van der Waals surface area contributed by atoms with Gasteiger partial charge in [0.15, 0.2) is 0 Å². The van der Waals surface area contributed by atoms with E-state index in [9.17, 15) is 14.9 Å². The third kappa shape index (κ3) is 5.13. The Balaban J connectivity index is 1.95. The molecule has 0 bridgehead atoms. The van der Waals surface area contributed by atoms with Gasteiger partial charge in [0, 0.05) is 23.4 Å². The van der Waals surface area contributed by atoms with Crippen molar-refractivity contribution in [3.05, 3.63) is 69.3 Å². The lowest BCUT2D eigenvalue weighted by atomic mass is 10.1. The molecular weight excluding hydrogens is 320 g/mol. The number of nitrogens with one attached hydrogen (secondary N) is 2. The topological polar surface area (TPSA) is 96.6 Å². The van der Waals surface area contributed by atoms with Crippen LogP contribution >= 0.6 is 0 Å². The smallest absolute Gasteiger partial charge is 0.270 e. The Kier molecular flexibility index (Phi) is 5.84. The lowest BCUT2D eigenvalue weighted by Gasteiger charge is -2.15. The molecule has 0 fully saturated rings. The van der Waals surface area contributed by atoms with E-state index in [0.29, 0.717) is 5.56 Å². The third-order valence-corrected chi connectivity index (χ3v) is 3.62. The third-order valence-electron chi connectivity index (χ3n) is 3.62. The van der Waals surface area contributed by atoms with Gasteiger partial charge in [-0.2, -0.15) is 5.10 Å². The van der Waals surface area contributed by atoms with E-state index < -0.39 is 11.0 Å². The molecule has 0 saturated heterocycles. The molecule has 0 spiro atoms. The summed E-state index contributed by atoms with van der Waals surface area (Å²) in [5.41, 5.74) is 6.03. The average Bonchev–Trinajstić information content (AvgIpc) is 2.57. The molecule has 0 radical (unpaired) electrons. The van der Waals surface area contributed by atoms with Gasteiger partial charge in [0.05, 0.1) is 11.1 Å². The summed E-state index contributed by atoms with van der Waals surface area (Å²) >= 11 is 0. The largest absolute Gasteiger partial charge is 0.374 e. The van der Waals surface area contributed by atoms with Crippen LogP contribution in [-0.2, 0) is 4.79 Å². The molecule has 25 heavy (non-hydrogen) atoms. The normalized spacial score (nSPS) is 12.0. The zero-order chi connectivity index (χ0) is 18.4. The van der Waals surface area contributed by atoms with Gasteiger partial charge in [-0.3, -0.25) is 14.9 Å². The van der Waals surface area contributed by atoms with E-state index in [1.165, 1.54) is 18.3 Å². The Morgan fingerprint density at radius 3 is 2.68 bits per heavy atom. The first-order chi connectivity index (χ1) is 11.9. The van der Waals surface area contributed by atoms with Crippen molar-refractivity contribution >= 4 is 23.5 Å². The van der Waals surface area contributed by atoms with Crippen molar-refractivity contribution in [2.24, 2.45) is 5.10 Å². The second-order valence-corrected chi connectivity index (χ2v) is 5.77. The van der Waals surface area contributed by atoms with Crippen LogP contribution in [0.1, 0.15) is 23.6 Å². The number of anilines is 1. The SMILES string of the molecule is Cc1ccc(N[C@@H](C)C(=O)NN=Cc2cccc([N+](=O)[O-])c2)c(C)c1. The van der Waals surface area contributed by atoms with Crippen molar-refractivity contribution in [1.29, 1.82) is 0 Å². The molecule has 2 aromatic carbocycles. The summed E-state index contributed by atoms with van der Waals surface area (Å²) in [6.07, 6.45) is 1.37. The second kappa shape index (κ2) is 8.05. The van der Waals surface area contributed by atoms with Crippen LogP contribution in [0.2, 0.25) is 0 Å². The highest BCUT2D eigenvalue weighted by molar-refractivity contribution is 5.86. The Labute approximate surface area is 145 Å². The van der Waals surface area contributed by atoms with Crippen LogP contribution < -0.4 is 10.7 Å². The molecule has 0 aliphatic rings. The van der Waals surface area contributed by atoms with E-state index in [0.717, 1.165) is 16.8 Å². The Bertz CT molecular complexity index is 818. The number of aryl methyl sites for hydroxylation is 2. The molecule has 1 atom stereocenters. The number of hydrogen-bond donors (Lipinski definition) is 2. The van der Waals surface area contributed by atoms with Crippen molar-refractivity contribution in [2.45, 2.75) is 26.8 Å². The van der Waals surface area contributed by atoms with E-state index in [1.807, 2.05) is 32.0 Å². The number of hydrazone groups is 1. The fraction of sp³-hybridized carbons (Fsp3) is 0.222. The molecule has 7 nitrogen and oxygen atoms in total. The minimum atomic E-state index is -0.483. The molecule has 130 valence electrons. The molecule has 0 aliphatic heterocycles. The van der Waals surface area contributed by atoms with Gasteiger partial charge in [-0.15, -0.1) is 0 Å². The van der Waals surface area contributed by atoms with Gasteiger partial charge in [0.25, 0.3) is 11.6 Å². The fourth-order valence-electron chi connectivity index (χ4n) is 2.26. The molecule has 0 heterocycles. The monoisotopic (exact) mass is 340 g/mol. The number of nitro benzene ring substituents is 1. The van der Waals surface area contributed by atoms with Crippen LogP contribution in [0.15, 0.2) is 47.6 Å². The Morgan fingerprint density at radius 1 is 1.24 bits per heavy atom. The summed E-state index contributed by atoms with van der Waals surface area (Å²) < 4.78 is 0. The van der Waals surface area contributed by atoms with Crippen molar-refractivity contribution in [3.8, 4) is 0 Å². The highest BCUT2D eigenvalue weighted by atomic mass is 16.6. The van der Waals surface area contributed by atoms with Crippen LogP contribution in [0, 0.1) is 24.0 Å². The van der Waals surface area contributed by atoms with Crippen LogP contribution in [0.3, 0.4) is 0 Å². The standard InChI is InChI=1S/C18H20N4O3/c1-12-7-8-17(13(2)9-12)20-14(3)18(23)21-19-11-15-5-4-6-16(10-15)22(24)25/h4-11,14,20H,1-3H3,(H,21,23)/t14-/m0/s1. The van der Waals surface area contributed by atoms with Crippen molar-refractivity contribution in [2.75, 3.05) is 5.32 Å². The van der Waals surface area contributed by atoms with Crippen molar-refractivity contribution < 1.29 is 9.72 Å². The minimum Gasteiger partial charge on any atom is -0.374 e. The predicted molar refractivity (Wildman–Crippen MR) is 97.8 cm³/mol. The molecule has 2 aromatic rings. The number of carbonyl (C=O) groups is 1. The summed E-state index contributed by atoms with van der Waals surface area (Å²) in [6, 6.07) is 11.5. The van der Waals surface area contributed by atoms with Gasteiger partial charge < -0.3 is 5.32 Å². The number of nitro groups is 1. The zero-order valence-corrected chi connectivity index (χ0v) is 14.3. The second-order valence-electron chi connectivity index (χ2n) is 5.77. The highest BCUT2D eigenvalue weighted by Gasteiger charge is 2.12. The molecule has 2 N–H and O–H groups in total. The molecule has 1 amide bonds. The molecule has 7 heteroatoms. The summed E-state index contributed by atoms with van der Waals surface area (Å²) in [4.78, 5) is 22.3. The van der Waals surface area contributed by atoms with Crippen molar-refractivity contribution in [1.82, 2.24) is 5.43 Å². The Morgan fingerprint density at radius 2 is 2.00 bits per heavy atom. The van der Waals surface area contributed by atoms with Gasteiger partial charge in [-0.05, 0) is 32.4 Å². The fourth-order valence-corrected chi connectivity index (χ4v) is 2.26. The molecule has 0 unspecified atom stereocenters. The quantitative estimate of drug-likeness (QED) is 0.479. The van der Waals surface area contributed by atoms with E-state index in [4.69, 9.17) is 0 Å². The number of hydrogen-bond acceptors (Lipinski definition) is 5. The number of nitrogens with zero attached hydrogens (tertiary/aromatic N) is 2. The van der Waals surface area contributed by atoms with E-state index >= 15 is 0 Å². The Hall–Kier alpha value is -3.22. The molecule has 0 aliphatic carbocycles. The lowest BCUT2D eigenvalue weighted by Crippen LogP contribution is -2.35.